The van der Waals surface area contributed by atoms with Crippen LogP contribution in [0.25, 0.3) is 0 Å². The number of hydrogen-bond acceptors (Lipinski definition) is 8. The molecule has 2 aliphatic heterocycles. The summed E-state index contributed by atoms with van der Waals surface area (Å²) in [5.41, 5.74) is 0. The van der Waals surface area contributed by atoms with Crippen LogP contribution in [0.4, 0.5) is 0 Å². The maximum Gasteiger partial charge on any atom is 0.295 e. The Bertz CT molecular complexity index is 214. The number of rotatable bonds is 6. The van der Waals surface area contributed by atoms with Crippen molar-refractivity contribution in [3.05, 3.63) is 0 Å². The summed E-state index contributed by atoms with van der Waals surface area (Å²) in [6.07, 6.45) is -0.166. The molecule has 2 N–H and O–H groups in total. The molecule has 0 amide bonds. The van der Waals surface area contributed by atoms with E-state index in [4.69, 9.17) is 20.0 Å². The van der Waals surface area contributed by atoms with Gasteiger partial charge in [0.15, 0.2) is 0 Å². The minimum atomic E-state index is -0.0832. The van der Waals surface area contributed by atoms with Crippen molar-refractivity contribution in [1.82, 2.24) is 9.62 Å². The second-order valence-electron chi connectivity index (χ2n) is 4.28. The minimum Gasteiger partial charge on any atom is -0.360 e. The van der Waals surface area contributed by atoms with Crippen LogP contribution in [0, 0.1) is 0 Å². The highest BCUT2D eigenvalue weighted by atomic mass is 17.1. The smallest absolute Gasteiger partial charge is 0.295 e. The molecule has 2 heterocycles. The van der Waals surface area contributed by atoms with E-state index in [2.05, 4.69) is 19.4 Å². The zero-order chi connectivity index (χ0) is 12.1. The Balaban J connectivity index is 1.65. The van der Waals surface area contributed by atoms with Gasteiger partial charge in [0.1, 0.15) is 13.2 Å². The van der Waals surface area contributed by atoms with Crippen molar-refractivity contribution in [1.29, 1.82) is 0 Å². The average molecular weight is 248 g/mol. The van der Waals surface area contributed by atoms with Gasteiger partial charge in [-0.05, 0) is 0 Å². The fourth-order valence-electron chi connectivity index (χ4n) is 2.06. The van der Waals surface area contributed by atoms with E-state index in [1.165, 1.54) is 0 Å². The first-order valence-electron chi connectivity index (χ1n) is 5.52. The topological polar surface area (TPSA) is 83.9 Å². The van der Waals surface area contributed by atoms with E-state index < -0.39 is 0 Å². The van der Waals surface area contributed by atoms with Crippen molar-refractivity contribution in [3.8, 4) is 0 Å². The monoisotopic (exact) mass is 248 g/mol. The Morgan fingerprint density at radius 3 is 1.88 bits per heavy atom. The largest absolute Gasteiger partial charge is 0.360 e. The summed E-state index contributed by atoms with van der Waals surface area (Å²) in [6.45, 7) is 2.86. The van der Waals surface area contributed by atoms with Crippen LogP contribution in [0.5, 0.6) is 0 Å². The second-order valence-corrected chi connectivity index (χ2v) is 4.28. The van der Waals surface area contributed by atoms with Gasteiger partial charge in [-0.3, -0.25) is 10.5 Å². The fourth-order valence-corrected chi connectivity index (χ4v) is 2.06. The second kappa shape index (κ2) is 6.62. The maximum absolute atomic E-state index is 8.32. The maximum atomic E-state index is 8.32. The lowest BCUT2D eigenvalue weighted by molar-refractivity contribution is -0.256. The van der Waals surface area contributed by atoms with Crippen molar-refractivity contribution in [3.63, 3.8) is 0 Å². The fraction of sp³-hybridized carbons (Fsp3) is 1.00. The molecule has 0 aliphatic carbocycles. The van der Waals surface area contributed by atoms with Crippen molar-refractivity contribution in [2.24, 2.45) is 0 Å². The van der Waals surface area contributed by atoms with Crippen LogP contribution in [-0.2, 0) is 19.2 Å². The molecule has 2 unspecified atom stereocenters. The molecule has 2 atom stereocenters. The van der Waals surface area contributed by atoms with Crippen molar-refractivity contribution >= 4 is 7.55 Å². The van der Waals surface area contributed by atoms with Gasteiger partial charge in [-0.25, -0.2) is 9.78 Å². The molecule has 0 saturated carbocycles. The summed E-state index contributed by atoms with van der Waals surface area (Å²) in [5, 5.41) is 16.6. The molecule has 17 heavy (non-hydrogen) atoms. The highest BCUT2D eigenvalue weighted by molar-refractivity contribution is 6.28. The lowest BCUT2D eigenvalue weighted by atomic mass is 10.1. The van der Waals surface area contributed by atoms with Crippen LogP contribution < -0.4 is 0 Å². The van der Waals surface area contributed by atoms with Crippen molar-refractivity contribution < 1.29 is 29.8 Å². The van der Waals surface area contributed by atoms with E-state index in [-0.39, 0.29) is 25.4 Å². The van der Waals surface area contributed by atoms with Gasteiger partial charge in [-0.1, -0.05) is 0 Å². The van der Waals surface area contributed by atoms with Crippen LogP contribution in [0.2, 0.25) is 0 Å². The summed E-state index contributed by atoms with van der Waals surface area (Å²) in [4.78, 5) is 12.3. The average Bonchev–Trinajstić information content (AvgIpc) is 2.91. The molecule has 0 spiro atoms. The predicted molar refractivity (Wildman–Crippen MR) is 57.2 cm³/mol. The highest BCUT2D eigenvalue weighted by Crippen LogP contribution is 2.12. The van der Waals surface area contributed by atoms with Gasteiger partial charge in [0, 0.05) is 13.1 Å². The van der Waals surface area contributed by atoms with E-state index in [9.17, 15) is 0 Å². The van der Waals surface area contributed by atoms with Gasteiger partial charge in [0.2, 0.25) is 0 Å². The van der Waals surface area contributed by atoms with E-state index in [0.29, 0.717) is 13.5 Å². The van der Waals surface area contributed by atoms with Crippen LogP contribution in [0.1, 0.15) is 0 Å². The molecule has 0 aromatic carbocycles. The number of ether oxygens (including phenoxy) is 2. The van der Waals surface area contributed by atoms with Gasteiger partial charge >= 0.3 is 0 Å². The zero-order valence-electron chi connectivity index (χ0n) is 9.53. The molecule has 0 aromatic heterocycles. The lowest BCUT2D eigenvalue weighted by Crippen LogP contribution is -2.40. The quantitative estimate of drug-likeness (QED) is 0.335. The Kier molecular flexibility index (Phi) is 5.13. The van der Waals surface area contributed by atoms with Crippen LogP contribution >= 0.6 is 0 Å². The van der Waals surface area contributed by atoms with E-state index in [1.54, 1.807) is 0 Å². The molecule has 0 radical (unpaired) electrons. The zero-order valence-corrected chi connectivity index (χ0v) is 9.53. The van der Waals surface area contributed by atoms with Crippen LogP contribution in [0.3, 0.4) is 0 Å². The molecule has 8 nitrogen and oxygen atoms in total. The molecule has 2 aliphatic rings. The number of nitrogens with zero attached hydrogens (tertiary/aromatic N) is 2. The van der Waals surface area contributed by atoms with Gasteiger partial charge in [0.25, 0.3) is 7.55 Å². The van der Waals surface area contributed by atoms with E-state index >= 15 is 0 Å². The predicted octanol–water partition coefficient (Wildman–Crippen LogP) is -1.45. The summed E-state index contributed by atoms with van der Waals surface area (Å²) in [7, 11) is 0.726. The summed E-state index contributed by atoms with van der Waals surface area (Å²) < 4.78 is 10.8. The van der Waals surface area contributed by atoms with Gasteiger partial charge in [0.05, 0.1) is 25.7 Å². The molecule has 0 bridgehead atoms. The Morgan fingerprint density at radius 2 is 1.47 bits per heavy atom. The third-order valence-corrected chi connectivity index (χ3v) is 2.83. The molecule has 2 saturated heterocycles. The third-order valence-electron chi connectivity index (χ3n) is 2.83. The minimum absolute atomic E-state index is 0.0832. The molecular formula is C8H17BN2O6. The molecule has 0 aromatic rings. The normalized spacial score (nSPS) is 31.2. The summed E-state index contributed by atoms with van der Waals surface area (Å²) in [5.74, 6) is 0. The van der Waals surface area contributed by atoms with Gasteiger partial charge in [-0.2, -0.15) is 0 Å². The first-order valence-corrected chi connectivity index (χ1v) is 5.52. The van der Waals surface area contributed by atoms with Crippen molar-refractivity contribution in [2.45, 2.75) is 12.2 Å². The summed E-state index contributed by atoms with van der Waals surface area (Å²) >= 11 is 0. The molecule has 9 heteroatoms. The first kappa shape index (κ1) is 13.2. The summed E-state index contributed by atoms with van der Waals surface area (Å²) in [6, 6.07) is 0. The van der Waals surface area contributed by atoms with Crippen LogP contribution in [0.15, 0.2) is 0 Å². The highest BCUT2D eigenvalue weighted by Gasteiger charge is 2.30. The first-order chi connectivity index (χ1) is 8.31. The van der Waals surface area contributed by atoms with Gasteiger partial charge in [-0.15, -0.1) is 0 Å². The lowest BCUT2D eigenvalue weighted by Gasteiger charge is -2.18. The number of hydrogen-bond donors (Lipinski definition) is 2. The van der Waals surface area contributed by atoms with E-state index in [1.807, 2.05) is 0 Å². The molecule has 98 valence electrons. The SMILES string of the molecule is OOCC1CN(BN2COC(COO)C2)CO1. The Labute approximate surface area is 99.7 Å². The van der Waals surface area contributed by atoms with Crippen molar-refractivity contribution in [2.75, 3.05) is 39.8 Å². The standard InChI is InChI=1S/C8H17BN2O6/c12-16-3-7-1-10(5-14-7)9-11-2-8(4-17-13)15-6-11/h7-9,12-13H,1-6H2. The molecular weight excluding hydrogens is 231 g/mol. The van der Waals surface area contributed by atoms with E-state index in [0.717, 1.165) is 20.6 Å². The Hall–Kier alpha value is -0.255. The molecule has 2 fully saturated rings. The van der Waals surface area contributed by atoms with Gasteiger partial charge < -0.3 is 19.1 Å². The third kappa shape index (κ3) is 3.86. The van der Waals surface area contributed by atoms with Crippen LogP contribution in [-0.4, -0.2) is 79.7 Å². The Morgan fingerprint density at radius 1 is 1.00 bits per heavy atom. The molecule has 2 rings (SSSR count).